The van der Waals surface area contributed by atoms with Gasteiger partial charge in [-0.25, -0.2) is 0 Å². The van der Waals surface area contributed by atoms with Crippen molar-refractivity contribution in [2.45, 2.75) is 52.1 Å². The lowest BCUT2D eigenvalue weighted by molar-refractivity contribution is 0.220. The summed E-state index contributed by atoms with van der Waals surface area (Å²) in [5.74, 6) is 0. The van der Waals surface area contributed by atoms with Crippen LogP contribution in [-0.4, -0.2) is 11.2 Å². The monoisotopic (exact) mass is 308 g/mol. The molecule has 0 saturated carbocycles. The van der Waals surface area contributed by atoms with Gasteiger partial charge in [-0.1, -0.05) is 81.0 Å². The maximum Gasteiger partial charge on any atom is 0.0721 e. The van der Waals surface area contributed by atoms with Crippen LogP contribution in [0.25, 0.3) is 6.08 Å². The van der Waals surface area contributed by atoms with E-state index in [9.17, 15) is 5.11 Å². The first-order chi connectivity index (χ1) is 11.2. The molecule has 0 spiro atoms. The summed E-state index contributed by atoms with van der Waals surface area (Å²) in [5.41, 5.74) is 5.34. The predicted molar refractivity (Wildman–Crippen MR) is 99.6 cm³/mol. The van der Waals surface area contributed by atoms with Gasteiger partial charge in [-0.05, 0) is 47.9 Å². The molecule has 1 heteroatoms. The van der Waals surface area contributed by atoms with Crippen LogP contribution in [0.5, 0.6) is 0 Å². The number of hydrogen-bond donors (Lipinski definition) is 1. The average molecular weight is 308 g/mol. The van der Waals surface area contributed by atoms with E-state index in [1.807, 2.05) is 19.1 Å². The van der Waals surface area contributed by atoms with Gasteiger partial charge in [0.15, 0.2) is 0 Å². The molecule has 2 aromatic rings. The van der Waals surface area contributed by atoms with E-state index >= 15 is 0 Å². The van der Waals surface area contributed by atoms with Crippen LogP contribution in [0.4, 0.5) is 0 Å². The first-order valence-electron chi connectivity index (χ1n) is 8.74. The Bertz CT molecular complexity index is 593. The number of aliphatic hydroxyl groups is 1. The molecule has 0 bridgehead atoms. The Morgan fingerprint density at radius 2 is 1.26 bits per heavy atom. The van der Waals surface area contributed by atoms with Crippen molar-refractivity contribution in [2.24, 2.45) is 0 Å². The van der Waals surface area contributed by atoms with E-state index < -0.39 is 0 Å². The van der Waals surface area contributed by atoms with Gasteiger partial charge < -0.3 is 5.11 Å². The third-order valence-corrected chi connectivity index (χ3v) is 4.17. The number of rotatable bonds is 8. The zero-order valence-corrected chi connectivity index (χ0v) is 14.3. The van der Waals surface area contributed by atoms with Crippen LogP contribution in [0.15, 0.2) is 54.6 Å². The van der Waals surface area contributed by atoms with Crippen molar-refractivity contribution in [1.29, 1.82) is 0 Å². The molecule has 0 saturated heterocycles. The molecule has 0 aliphatic heterocycles. The Hall–Kier alpha value is -1.86. The average Bonchev–Trinajstić information content (AvgIpc) is 2.60. The third-order valence-electron chi connectivity index (χ3n) is 4.17. The highest BCUT2D eigenvalue weighted by Gasteiger charge is 1.98. The molecular weight excluding hydrogens is 280 g/mol. The van der Waals surface area contributed by atoms with E-state index in [1.54, 1.807) is 0 Å². The second-order valence-electron chi connectivity index (χ2n) is 6.14. The van der Waals surface area contributed by atoms with E-state index in [0.717, 1.165) is 24.8 Å². The molecule has 0 aliphatic carbocycles. The zero-order chi connectivity index (χ0) is 16.5. The molecule has 23 heavy (non-hydrogen) atoms. The fourth-order valence-electron chi connectivity index (χ4n) is 2.60. The Labute approximate surface area is 140 Å². The van der Waals surface area contributed by atoms with Crippen molar-refractivity contribution in [3.8, 4) is 0 Å². The van der Waals surface area contributed by atoms with E-state index in [0.29, 0.717) is 0 Å². The molecule has 2 aromatic carbocycles. The van der Waals surface area contributed by atoms with Gasteiger partial charge in [0, 0.05) is 0 Å². The molecule has 0 amide bonds. The van der Waals surface area contributed by atoms with Gasteiger partial charge in [-0.15, -0.1) is 0 Å². The van der Waals surface area contributed by atoms with Crippen molar-refractivity contribution >= 4 is 6.08 Å². The normalized spacial score (nSPS) is 12.7. The summed E-state index contributed by atoms with van der Waals surface area (Å²) >= 11 is 0. The van der Waals surface area contributed by atoms with Crippen LogP contribution in [0.2, 0.25) is 0 Å². The lowest BCUT2D eigenvalue weighted by Crippen LogP contribution is -1.97. The molecule has 1 N–H and O–H groups in total. The second-order valence-corrected chi connectivity index (χ2v) is 6.14. The highest BCUT2D eigenvalue weighted by atomic mass is 16.3. The maximum atomic E-state index is 9.55. The molecule has 1 nitrogen and oxygen atoms in total. The molecule has 1 unspecified atom stereocenters. The predicted octanol–water partition coefficient (Wildman–Crippen LogP) is 5.21. The minimum absolute atomic E-state index is 0.342. The smallest absolute Gasteiger partial charge is 0.0721 e. The van der Waals surface area contributed by atoms with Crippen molar-refractivity contribution in [1.82, 2.24) is 0 Å². The van der Waals surface area contributed by atoms with Crippen LogP contribution in [0, 0.1) is 0 Å². The van der Waals surface area contributed by atoms with Crippen LogP contribution in [0.1, 0.15) is 48.9 Å². The molecule has 2 rings (SSSR count). The molecular formula is C22H28O. The minimum Gasteiger partial charge on any atom is -0.389 e. The van der Waals surface area contributed by atoms with Crippen molar-refractivity contribution in [3.05, 3.63) is 76.9 Å². The maximum absolute atomic E-state index is 9.55. The zero-order valence-electron chi connectivity index (χ0n) is 14.3. The summed E-state index contributed by atoms with van der Waals surface area (Å²) in [5, 5.41) is 9.55. The van der Waals surface area contributed by atoms with Crippen LogP contribution in [0.3, 0.4) is 0 Å². The van der Waals surface area contributed by atoms with Gasteiger partial charge in [-0.3, -0.25) is 0 Å². The number of hydrogen-bond acceptors (Lipinski definition) is 1. The highest BCUT2D eigenvalue weighted by molar-refractivity contribution is 5.50. The Kier molecular flexibility index (Phi) is 7.09. The van der Waals surface area contributed by atoms with Crippen molar-refractivity contribution < 1.29 is 5.11 Å². The molecule has 0 fully saturated rings. The number of benzene rings is 2. The number of aryl methyl sites for hydroxylation is 3. The summed E-state index contributed by atoms with van der Waals surface area (Å²) in [6.07, 6.45) is 8.77. The molecule has 0 aromatic heterocycles. The summed E-state index contributed by atoms with van der Waals surface area (Å²) in [6, 6.07) is 17.6. The van der Waals surface area contributed by atoms with E-state index in [4.69, 9.17) is 0 Å². The second kappa shape index (κ2) is 9.32. The van der Waals surface area contributed by atoms with Gasteiger partial charge >= 0.3 is 0 Å². The topological polar surface area (TPSA) is 20.2 Å². The highest BCUT2D eigenvalue weighted by Crippen LogP contribution is 2.12. The van der Waals surface area contributed by atoms with Gasteiger partial charge in [0.2, 0.25) is 0 Å². The Morgan fingerprint density at radius 1 is 0.783 bits per heavy atom. The quantitative estimate of drug-likeness (QED) is 0.710. The van der Waals surface area contributed by atoms with Crippen LogP contribution in [-0.2, 0) is 19.3 Å². The summed E-state index contributed by atoms with van der Waals surface area (Å²) in [7, 11) is 0. The standard InChI is InChI=1S/C22H28O/c1-3-5-18-6-8-19(9-7-18)10-11-20-12-14-21(15-13-20)16-17-22(23)4-2/h6-9,12-17,22-23H,3-5,10-11H2,1-2H3/b17-16+. The lowest BCUT2D eigenvalue weighted by Gasteiger charge is -2.05. The van der Waals surface area contributed by atoms with E-state index in [-0.39, 0.29) is 6.10 Å². The third kappa shape index (κ3) is 6.03. The fraction of sp³-hybridized carbons (Fsp3) is 0.364. The van der Waals surface area contributed by atoms with Crippen LogP contribution >= 0.6 is 0 Å². The van der Waals surface area contributed by atoms with E-state index in [2.05, 4.69) is 55.5 Å². The molecule has 0 heterocycles. The molecule has 0 radical (unpaired) electrons. The molecule has 1 atom stereocenters. The summed E-state index contributed by atoms with van der Waals surface area (Å²) in [6.45, 7) is 4.20. The fourth-order valence-corrected chi connectivity index (χ4v) is 2.60. The van der Waals surface area contributed by atoms with Gasteiger partial charge in [0.1, 0.15) is 0 Å². The van der Waals surface area contributed by atoms with Crippen LogP contribution < -0.4 is 0 Å². The lowest BCUT2D eigenvalue weighted by atomic mass is 10.0. The molecule has 122 valence electrons. The Balaban J connectivity index is 1.87. The molecule has 0 aliphatic rings. The number of aliphatic hydroxyl groups excluding tert-OH is 1. The van der Waals surface area contributed by atoms with E-state index in [1.165, 1.54) is 29.5 Å². The minimum atomic E-state index is -0.342. The van der Waals surface area contributed by atoms with Gasteiger partial charge in [0.25, 0.3) is 0 Å². The van der Waals surface area contributed by atoms with Crippen molar-refractivity contribution in [3.63, 3.8) is 0 Å². The van der Waals surface area contributed by atoms with Gasteiger partial charge in [-0.2, -0.15) is 0 Å². The first-order valence-corrected chi connectivity index (χ1v) is 8.74. The SMILES string of the molecule is CCCc1ccc(CCc2ccc(/C=C/C(O)CC)cc2)cc1. The summed E-state index contributed by atoms with van der Waals surface area (Å²) in [4.78, 5) is 0. The van der Waals surface area contributed by atoms with Crippen molar-refractivity contribution in [2.75, 3.05) is 0 Å². The van der Waals surface area contributed by atoms with Gasteiger partial charge in [0.05, 0.1) is 6.10 Å². The summed E-state index contributed by atoms with van der Waals surface area (Å²) < 4.78 is 0. The largest absolute Gasteiger partial charge is 0.389 e. The first kappa shape index (κ1) is 17.5. The Morgan fingerprint density at radius 3 is 1.74 bits per heavy atom.